The van der Waals surface area contributed by atoms with Gasteiger partial charge in [0, 0.05) is 12.0 Å². The van der Waals surface area contributed by atoms with Crippen LogP contribution in [0.1, 0.15) is 53.4 Å². The van der Waals surface area contributed by atoms with E-state index in [2.05, 4.69) is 40.8 Å². The topological polar surface area (TPSA) is 29.5 Å². The summed E-state index contributed by atoms with van der Waals surface area (Å²) in [5, 5.41) is 10.4. The number of aliphatic hydroxyl groups is 1. The minimum Gasteiger partial charge on any atom is -0.416 e. The third-order valence-corrected chi connectivity index (χ3v) is 9.45. The predicted octanol–water partition coefficient (Wildman–Crippen LogP) is 3.95. The molecule has 0 saturated heterocycles. The van der Waals surface area contributed by atoms with Gasteiger partial charge in [-0.15, -0.1) is 0 Å². The van der Waals surface area contributed by atoms with Gasteiger partial charge in [-0.1, -0.05) is 34.1 Å². The van der Waals surface area contributed by atoms with E-state index in [1.54, 1.807) is 0 Å². The smallest absolute Gasteiger partial charge is 0.192 e. The lowest BCUT2D eigenvalue weighted by Gasteiger charge is -2.48. The van der Waals surface area contributed by atoms with Crippen molar-refractivity contribution >= 4 is 8.32 Å². The van der Waals surface area contributed by atoms with Crippen LogP contribution in [0.25, 0.3) is 0 Å². The zero-order valence-corrected chi connectivity index (χ0v) is 13.5. The first-order valence-corrected chi connectivity index (χ1v) is 9.87. The average molecular weight is 258 g/mol. The molecule has 0 heterocycles. The van der Waals surface area contributed by atoms with Crippen LogP contribution in [0, 0.1) is 5.41 Å². The highest BCUT2D eigenvalue weighted by molar-refractivity contribution is 6.74. The molecule has 1 fully saturated rings. The van der Waals surface area contributed by atoms with E-state index in [9.17, 15) is 5.11 Å². The highest BCUT2D eigenvalue weighted by atomic mass is 28.4. The van der Waals surface area contributed by atoms with Gasteiger partial charge < -0.3 is 9.53 Å². The van der Waals surface area contributed by atoms with Gasteiger partial charge in [0.25, 0.3) is 0 Å². The third-order valence-electron chi connectivity index (χ3n) is 4.97. The normalized spacial score (nSPS) is 22.1. The molecule has 1 aliphatic rings. The molecule has 0 aromatic carbocycles. The molecule has 1 saturated carbocycles. The van der Waals surface area contributed by atoms with Gasteiger partial charge in [-0.3, -0.25) is 0 Å². The van der Waals surface area contributed by atoms with Crippen molar-refractivity contribution in [3.63, 3.8) is 0 Å². The molecule has 1 atom stereocenters. The molecule has 17 heavy (non-hydrogen) atoms. The second kappa shape index (κ2) is 5.02. The molecule has 0 aliphatic heterocycles. The summed E-state index contributed by atoms with van der Waals surface area (Å²) in [6, 6.07) is 0. The molecule has 1 aliphatic carbocycles. The summed E-state index contributed by atoms with van der Waals surface area (Å²) < 4.78 is 6.30. The summed E-state index contributed by atoms with van der Waals surface area (Å²) in [6.45, 7) is 14.2. The molecule has 1 N–H and O–H groups in total. The van der Waals surface area contributed by atoms with Crippen molar-refractivity contribution in [1.29, 1.82) is 0 Å². The Bertz CT molecular complexity index is 251. The molecule has 1 unspecified atom stereocenters. The Balaban J connectivity index is 2.60. The molecule has 2 nitrogen and oxygen atoms in total. The van der Waals surface area contributed by atoms with E-state index in [1.807, 2.05) is 0 Å². The Labute approximate surface area is 108 Å². The minimum absolute atomic E-state index is 0.0737. The third kappa shape index (κ3) is 3.12. The number of hydrogen-bond acceptors (Lipinski definition) is 2. The highest BCUT2D eigenvalue weighted by Gasteiger charge is 2.46. The van der Waals surface area contributed by atoms with E-state index >= 15 is 0 Å². The van der Waals surface area contributed by atoms with Crippen LogP contribution in [-0.2, 0) is 4.43 Å². The average Bonchev–Trinajstić information content (AvgIpc) is 2.13. The van der Waals surface area contributed by atoms with Crippen molar-refractivity contribution in [3.05, 3.63) is 0 Å². The minimum atomic E-state index is -1.67. The van der Waals surface area contributed by atoms with Crippen LogP contribution in [0.3, 0.4) is 0 Å². The van der Waals surface area contributed by atoms with Crippen LogP contribution in [0.15, 0.2) is 0 Å². The van der Waals surface area contributed by atoms with Crippen molar-refractivity contribution in [3.8, 4) is 0 Å². The lowest BCUT2D eigenvalue weighted by molar-refractivity contribution is -0.0685. The molecule has 0 aromatic heterocycles. The summed E-state index contributed by atoms with van der Waals surface area (Å²) in [6.07, 6.45) is 4.19. The van der Waals surface area contributed by atoms with Gasteiger partial charge in [-0.25, -0.2) is 0 Å². The molecule has 3 heteroatoms. The quantitative estimate of drug-likeness (QED) is 0.757. The number of aliphatic hydroxyl groups excluding tert-OH is 1. The van der Waals surface area contributed by atoms with Crippen LogP contribution in [-0.4, -0.2) is 26.1 Å². The fraction of sp³-hybridized carbons (Fsp3) is 1.00. The molecule has 0 aromatic rings. The van der Waals surface area contributed by atoms with Crippen molar-refractivity contribution < 1.29 is 9.53 Å². The summed E-state index contributed by atoms with van der Waals surface area (Å²) in [5.41, 5.74) is 0.0737. The Morgan fingerprint density at radius 3 is 2.12 bits per heavy atom. The summed E-state index contributed by atoms with van der Waals surface area (Å²) in [5.74, 6) is 0. The van der Waals surface area contributed by atoms with Crippen molar-refractivity contribution in [1.82, 2.24) is 0 Å². The van der Waals surface area contributed by atoms with Crippen LogP contribution in [0.4, 0.5) is 0 Å². The fourth-order valence-electron chi connectivity index (χ4n) is 2.18. The van der Waals surface area contributed by atoms with Crippen LogP contribution >= 0.6 is 0 Å². The standard InChI is InChI=1S/C14H30O2Si/c1-7-12(15)14(9-8-10-14)11-16-17(5,6)13(2,3)4/h12,15H,7-11H2,1-6H3. The second-order valence-corrected chi connectivity index (χ2v) is 12.0. The summed E-state index contributed by atoms with van der Waals surface area (Å²) in [4.78, 5) is 0. The number of rotatable bonds is 5. The van der Waals surface area contributed by atoms with Crippen LogP contribution < -0.4 is 0 Å². The summed E-state index contributed by atoms with van der Waals surface area (Å²) >= 11 is 0. The lowest BCUT2D eigenvalue weighted by Crippen LogP contribution is -2.50. The van der Waals surface area contributed by atoms with Crippen molar-refractivity contribution in [2.75, 3.05) is 6.61 Å². The first-order valence-electron chi connectivity index (χ1n) is 6.97. The van der Waals surface area contributed by atoms with Crippen LogP contribution in [0.2, 0.25) is 18.1 Å². The zero-order chi connectivity index (χ0) is 13.3. The maximum Gasteiger partial charge on any atom is 0.192 e. The van der Waals surface area contributed by atoms with E-state index in [-0.39, 0.29) is 16.6 Å². The van der Waals surface area contributed by atoms with E-state index in [0.717, 1.165) is 25.9 Å². The SMILES string of the molecule is CCC(O)C1(CO[Si](C)(C)C(C)(C)C)CCC1. The first kappa shape index (κ1) is 15.2. The second-order valence-electron chi connectivity index (χ2n) is 7.19. The maximum atomic E-state index is 10.2. The van der Waals surface area contributed by atoms with Gasteiger partial charge in [0.15, 0.2) is 8.32 Å². The van der Waals surface area contributed by atoms with E-state index in [0.29, 0.717) is 0 Å². The molecular formula is C14H30O2Si. The van der Waals surface area contributed by atoms with Gasteiger partial charge in [0.2, 0.25) is 0 Å². The molecule has 0 amide bonds. The lowest BCUT2D eigenvalue weighted by atomic mass is 9.65. The molecule has 0 radical (unpaired) electrons. The number of hydrogen-bond donors (Lipinski definition) is 1. The van der Waals surface area contributed by atoms with Gasteiger partial charge in [0.1, 0.15) is 0 Å². The fourth-order valence-corrected chi connectivity index (χ4v) is 3.26. The molecule has 1 rings (SSSR count). The molecule has 102 valence electrons. The zero-order valence-electron chi connectivity index (χ0n) is 12.5. The molecule has 0 spiro atoms. The van der Waals surface area contributed by atoms with E-state index in [4.69, 9.17) is 4.43 Å². The van der Waals surface area contributed by atoms with Gasteiger partial charge in [-0.2, -0.15) is 0 Å². The van der Waals surface area contributed by atoms with Crippen molar-refractivity contribution in [2.24, 2.45) is 5.41 Å². The van der Waals surface area contributed by atoms with Crippen LogP contribution in [0.5, 0.6) is 0 Å². The Hall–Kier alpha value is 0.137. The largest absolute Gasteiger partial charge is 0.416 e. The van der Waals surface area contributed by atoms with E-state index in [1.165, 1.54) is 6.42 Å². The monoisotopic (exact) mass is 258 g/mol. The van der Waals surface area contributed by atoms with E-state index < -0.39 is 8.32 Å². The maximum absolute atomic E-state index is 10.2. The first-order chi connectivity index (χ1) is 7.65. The van der Waals surface area contributed by atoms with Crippen molar-refractivity contribution in [2.45, 2.75) is 77.6 Å². The van der Waals surface area contributed by atoms with Gasteiger partial charge in [0.05, 0.1) is 6.10 Å². The predicted molar refractivity (Wildman–Crippen MR) is 75.7 cm³/mol. The Morgan fingerprint density at radius 2 is 1.82 bits per heavy atom. The highest BCUT2D eigenvalue weighted by Crippen LogP contribution is 2.47. The van der Waals surface area contributed by atoms with Gasteiger partial charge in [-0.05, 0) is 37.4 Å². The molecule has 0 bridgehead atoms. The van der Waals surface area contributed by atoms with Gasteiger partial charge >= 0.3 is 0 Å². The Morgan fingerprint density at radius 1 is 1.29 bits per heavy atom. The summed E-state index contributed by atoms with van der Waals surface area (Å²) in [7, 11) is -1.67. The Kier molecular flexibility index (Phi) is 4.49. The molecular weight excluding hydrogens is 228 g/mol.